The van der Waals surface area contributed by atoms with Crippen molar-refractivity contribution in [2.24, 2.45) is 0 Å². The van der Waals surface area contributed by atoms with Gasteiger partial charge in [0, 0.05) is 5.66 Å². The molecule has 2 nitrogen and oxygen atoms in total. The molecule has 0 unspecified atom stereocenters. The molecule has 1 aliphatic carbocycles. The molecule has 35 heavy (non-hydrogen) atoms. The molecule has 2 aromatic heterocycles. The Hall–Kier alpha value is -2.66. The summed E-state index contributed by atoms with van der Waals surface area (Å²) in [6, 6.07) is 22.3. The molecule has 178 valence electrons. The molecule has 4 heteroatoms. The first kappa shape index (κ1) is 24.1. The smallest absolute Gasteiger partial charge is 0.137 e. The Balaban J connectivity index is 1.67. The number of allylic oxidation sites excluding steroid dienone is 4. The summed E-state index contributed by atoms with van der Waals surface area (Å²) in [4.78, 5) is 0. The van der Waals surface area contributed by atoms with Crippen LogP contribution in [-0.2, 0) is 0 Å². The van der Waals surface area contributed by atoms with Crippen LogP contribution in [0.3, 0.4) is 0 Å². The zero-order valence-corrected chi connectivity index (χ0v) is 22.9. The van der Waals surface area contributed by atoms with Crippen LogP contribution in [0.4, 0.5) is 0 Å². The fourth-order valence-corrected chi connectivity index (χ4v) is 10.7. The van der Waals surface area contributed by atoms with Crippen molar-refractivity contribution in [1.29, 1.82) is 0 Å². The van der Waals surface area contributed by atoms with Crippen LogP contribution < -0.4 is 21.6 Å². The average Bonchev–Trinajstić information content (AvgIpc) is 3.57. The minimum atomic E-state index is -0.843. The maximum atomic E-state index is 5.96. The molecule has 1 atom stereocenters. The highest BCUT2D eigenvalue weighted by Crippen LogP contribution is 2.54. The second-order valence-electron chi connectivity index (χ2n) is 9.48. The maximum absolute atomic E-state index is 5.96. The van der Waals surface area contributed by atoms with E-state index < -0.39 is 15.8 Å². The van der Waals surface area contributed by atoms with Gasteiger partial charge in [-0.3, -0.25) is 0 Å². The van der Waals surface area contributed by atoms with Gasteiger partial charge in [-0.05, 0) is 87.8 Å². The topological polar surface area (TPSA) is 26.3 Å². The van der Waals surface area contributed by atoms with Crippen LogP contribution >= 0.6 is 15.8 Å². The standard InChI is InChI=1S/C31H32O2P2/c1-21-15-22(2)18-26(17-21)34(27-19-23(3)16-24(4)20-27)25(5)28-9-6-10-29(28)35(30-11-7-13-32-30)31-12-8-14-33-31/h6-9,11-20,25H,10H2,1-5H3/t25-/m1/s1. The molecular weight excluding hydrogens is 466 g/mol. The Kier molecular flexibility index (Phi) is 6.97. The minimum Gasteiger partial charge on any atom is -0.464 e. The van der Waals surface area contributed by atoms with Gasteiger partial charge < -0.3 is 8.83 Å². The predicted octanol–water partition coefficient (Wildman–Crippen LogP) is 7.27. The molecule has 0 saturated heterocycles. The number of hydrogen-bond donors (Lipinski definition) is 0. The number of aryl methyl sites for hydroxylation is 4. The first-order valence-corrected chi connectivity index (χ1v) is 14.9. The summed E-state index contributed by atoms with van der Waals surface area (Å²) in [5.41, 5.74) is 9.11. The molecule has 0 saturated carbocycles. The van der Waals surface area contributed by atoms with Crippen LogP contribution in [0, 0.1) is 27.7 Å². The van der Waals surface area contributed by atoms with Crippen molar-refractivity contribution in [2.75, 3.05) is 0 Å². The lowest BCUT2D eigenvalue weighted by Crippen LogP contribution is -2.23. The zero-order valence-electron chi connectivity index (χ0n) is 21.1. The molecule has 0 radical (unpaired) electrons. The van der Waals surface area contributed by atoms with E-state index in [0.29, 0.717) is 5.66 Å². The molecular formula is C31H32O2P2. The molecule has 0 aliphatic heterocycles. The van der Waals surface area contributed by atoms with E-state index in [1.54, 1.807) is 12.5 Å². The number of furan rings is 2. The van der Waals surface area contributed by atoms with Gasteiger partial charge in [0.15, 0.2) is 0 Å². The van der Waals surface area contributed by atoms with Crippen molar-refractivity contribution in [3.8, 4) is 0 Å². The van der Waals surface area contributed by atoms with Crippen molar-refractivity contribution >= 4 is 37.5 Å². The van der Waals surface area contributed by atoms with Gasteiger partial charge in [-0.1, -0.05) is 77.7 Å². The maximum Gasteiger partial charge on any atom is 0.137 e. The van der Waals surface area contributed by atoms with Crippen LogP contribution in [0.5, 0.6) is 0 Å². The van der Waals surface area contributed by atoms with Crippen molar-refractivity contribution < 1.29 is 8.83 Å². The minimum absolute atomic E-state index is 0.357. The van der Waals surface area contributed by atoms with E-state index in [2.05, 4.69) is 95.3 Å². The third kappa shape index (κ3) is 5.02. The number of rotatable bonds is 7. The van der Waals surface area contributed by atoms with Crippen LogP contribution in [0.1, 0.15) is 35.6 Å². The predicted molar refractivity (Wildman–Crippen MR) is 152 cm³/mol. The highest BCUT2D eigenvalue weighted by molar-refractivity contribution is 7.76. The Bertz CT molecular complexity index is 1250. The van der Waals surface area contributed by atoms with Crippen LogP contribution in [0.2, 0.25) is 0 Å². The molecule has 2 heterocycles. The lowest BCUT2D eigenvalue weighted by atomic mass is 10.2. The third-order valence-electron chi connectivity index (χ3n) is 6.47. The summed E-state index contributed by atoms with van der Waals surface area (Å²) in [6.07, 6.45) is 9.17. The largest absolute Gasteiger partial charge is 0.464 e. The van der Waals surface area contributed by atoms with Gasteiger partial charge >= 0.3 is 0 Å². The molecule has 2 aromatic carbocycles. The zero-order chi connectivity index (χ0) is 24.5. The molecule has 0 fully saturated rings. The Morgan fingerprint density at radius 2 is 1.20 bits per heavy atom. The monoisotopic (exact) mass is 498 g/mol. The van der Waals surface area contributed by atoms with Crippen LogP contribution in [-0.4, -0.2) is 5.66 Å². The van der Waals surface area contributed by atoms with Gasteiger partial charge in [0.2, 0.25) is 0 Å². The van der Waals surface area contributed by atoms with E-state index in [4.69, 9.17) is 8.83 Å². The summed E-state index contributed by atoms with van der Waals surface area (Å²) < 4.78 is 11.9. The molecule has 0 spiro atoms. The first-order chi connectivity index (χ1) is 16.9. The van der Waals surface area contributed by atoms with E-state index in [9.17, 15) is 0 Å². The Labute approximate surface area is 211 Å². The van der Waals surface area contributed by atoms with Gasteiger partial charge in [0.1, 0.15) is 11.0 Å². The second-order valence-corrected chi connectivity index (χ2v) is 14.1. The van der Waals surface area contributed by atoms with Crippen LogP contribution in [0.15, 0.2) is 105 Å². The van der Waals surface area contributed by atoms with Crippen molar-refractivity contribution in [1.82, 2.24) is 0 Å². The summed E-state index contributed by atoms with van der Waals surface area (Å²) in [6.45, 7) is 11.3. The van der Waals surface area contributed by atoms with Gasteiger partial charge in [-0.25, -0.2) is 0 Å². The quantitative estimate of drug-likeness (QED) is 0.251. The van der Waals surface area contributed by atoms with Gasteiger partial charge in [0.05, 0.1) is 20.4 Å². The fraction of sp³-hybridized carbons (Fsp3) is 0.226. The van der Waals surface area contributed by atoms with E-state index in [1.165, 1.54) is 43.8 Å². The molecule has 1 aliphatic rings. The van der Waals surface area contributed by atoms with Gasteiger partial charge in [-0.2, -0.15) is 0 Å². The van der Waals surface area contributed by atoms with Crippen molar-refractivity contribution in [3.05, 3.63) is 118 Å². The molecule has 0 amide bonds. The van der Waals surface area contributed by atoms with Crippen molar-refractivity contribution in [2.45, 2.75) is 46.7 Å². The summed E-state index contributed by atoms with van der Waals surface area (Å²) >= 11 is 0. The third-order valence-corrected chi connectivity index (χ3v) is 11.5. The molecule has 4 aromatic rings. The lowest BCUT2D eigenvalue weighted by Gasteiger charge is -2.29. The second kappa shape index (κ2) is 10.1. The average molecular weight is 499 g/mol. The number of benzene rings is 2. The van der Waals surface area contributed by atoms with Crippen LogP contribution in [0.25, 0.3) is 0 Å². The SMILES string of the molecule is Cc1cc(C)cc(P(c2cc(C)cc(C)c2)[C@H](C)C2=C(P(c3ccco3)c3ccco3)CC=C2)c1. The normalized spacial score (nSPS) is 14.5. The van der Waals surface area contributed by atoms with Gasteiger partial charge in [0.25, 0.3) is 0 Å². The highest BCUT2D eigenvalue weighted by atomic mass is 31.1. The van der Waals surface area contributed by atoms with E-state index in [-0.39, 0.29) is 0 Å². The molecule has 5 rings (SSSR count). The summed E-state index contributed by atoms with van der Waals surface area (Å²) in [7, 11) is -1.46. The fourth-order valence-electron chi connectivity index (χ4n) is 5.20. The van der Waals surface area contributed by atoms with E-state index in [0.717, 1.165) is 17.4 Å². The number of hydrogen-bond acceptors (Lipinski definition) is 2. The van der Waals surface area contributed by atoms with E-state index in [1.807, 2.05) is 12.1 Å². The molecule has 0 N–H and O–H groups in total. The first-order valence-electron chi connectivity index (χ1n) is 12.1. The summed E-state index contributed by atoms with van der Waals surface area (Å²) in [5, 5.41) is 4.34. The van der Waals surface area contributed by atoms with Gasteiger partial charge in [-0.15, -0.1) is 0 Å². The van der Waals surface area contributed by atoms with E-state index >= 15 is 0 Å². The highest BCUT2D eigenvalue weighted by Gasteiger charge is 2.33. The van der Waals surface area contributed by atoms with Crippen molar-refractivity contribution in [3.63, 3.8) is 0 Å². The molecule has 0 bridgehead atoms. The Morgan fingerprint density at radius 3 is 1.63 bits per heavy atom. The Morgan fingerprint density at radius 1 is 0.714 bits per heavy atom. The lowest BCUT2D eigenvalue weighted by molar-refractivity contribution is 0.593. The summed E-state index contributed by atoms with van der Waals surface area (Å²) in [5.74, 6) is 0.